The molecule has 1 aliphatic rings. The quantitative estimate of drug-likeness (QED) is 0.634. The monoisotopic (exact) mass is 356 g/mol. The molecule has 2 aromatic heterocycles. The van der Waals surface area contributed by atoms with Crippen molar-refractivity contribution in [3.05, 3.63) is 18.3 Å². The third-order valence-electron chi connectivity index (χ3n) is 5.11. The van der Waals surface area contributed by atoms with Crippen LogP contribution in [0.15, 0.2) is 18.3 Å². The van der Waals surface area contributed by atoms with Gasteiger partial charge in [-0.1, -0.05) is 19.8 Å². The van der Waals surface area contributed by atoms with Crippen LogP contribution in [0.4, 0.5) is 11.8 Å². The average Bonchev–Trinajstić information content (AvgIpc) is 2.57. The summed E-state index contributed by atoms with van der Waals surface area (Å²) >= 11 is 0. The lowest BCUT2D eigenvalue weighted by atomic mass is 9.86. The number of nitrogens with two attached hydrogens (primary N) is 1. The molecule has 1 fully saturated rings. The number of ketones is 1. The van der Waals surface area contributed by atoms with Gasteiger partial charge in [0, 0.05) is 18.2 Å². The average molecular weight is 356 g/mol. The lowest BCUT2D eigenvalue weighted by Gasteiger charge is -2.33. The first kappa shape index (κ1) is 18.5. The number of aromatic nitrogens is 3. The van der Waals surface area contributed by atoms with Gasteiger partial charge in [0.05, 0.1) is 11.6 Å². The molecule has 1 saturated heterocycles. The Morgan fingerprint density at radius 3 is 2.92 bits per heavy atom. The minimum absolute atomic E-state index is 0.0441. The Labute approximate surface area is 154 Å². The van der Waals surface area contributed by atoms with Gasteiger partial charge in [0.1, 0.15) is 11.3 Å². The van der Waals surface area contributed by atoms with Crippen LogP contribution in [0, 0.1) is 0 Å². The molecule has 140 valence electrons. The van der Waals surface area contributed by atoms with Crippen LogP contribution in [-0.2, 0) is 4.79 Å². The second-order valence-corrected chi connectivity index (χ2v) is 7.35. The van der Waals surface area contributed by atoms with Gasteiger partial charge in [-0.25, -0.2) is 4.98 Å². The number of carbonyl (C=O) groups excluding carboxylic acids is 1. The first-order valence-electron chi connectivity index (χ1n) is 9.43. The molecule has 7 heteroatoms. The van der Waals surface area contributed by atoms with Gasteiger partial charge in [-0.05, 0) is 44.9 Å². The Bertz CT molecular complexity index is 776. The third kappa shape index (κ3) is 4.27. The van der Waals surface area contributed by atoms with E-state index in [0.717, 1.165) is 44.2 Å². The van der Waals surface area contributed by atoms with Gasteiger partial charge in [-0.3, -0.25) is 9.78 Å². The molecule has 26 heavy (non-hydrogen) atoms. The van der Waals surface area contributed by atoms with E-state index in [1.165, 1.54) is 0 Å². The number of hydrogen-bond donors (Lipinski definition) is 3. The molecule has 0 aliphatic carbocycles. The molecule has 7 nitrogen and oxygen atoms in total. The van der Waals surface area contributed by atoms with Gasteiger partial charge >= 0.3 is 0 Å². The third-order valence-corrected chi connectivity index (χ3v) is 5.11. The van der Waals surface area contributed by atoms with Gasteiger partial charge in [0.15, 0.2) is 5.82 Å². The van der Waals surface area contributed by atoms with Crippen molar-refractivity contribution in [2.45, 2.75) is 64.0 Å². The predicted molar refractivity (Wildman–Crippen MR) is 104 cm³/mol. The minimum atomic E-state index is -0.249. The highest BCUT2D eigenvalue weighted by Gasteiger charge is 2.30. The van der Waals surface area contributed by atoms with E-state index < -0.39 is 0 Å². The summed E-state index contributed by atoms with van der Waals surface area (Å²) in [6.45, 7) is 5.26. The Morgan fingerprint density at radius 2 is 2.23 bits per heavy atom. The summed E-state index contributed by atoms with van der Waals surface area (Å²) < 4.78 is 0. The first-order valence-corrected chi connectivity index (χ1v) is 9.43. The van der Waals surface area contributed by atoms with Crippen molar-refractivity contribution in [3.63, 3.8) is 0 Å². The molecular formula is C19H28N6O. The standard InChI is InChI=1S/C19H28N6O/c1-3-4-9-19(2,10-7-15(26)13-8-12-21-13)25-17-16-14(6-5-11-22-16)23-18(20)24-17/h5-6,11,13,21H,3-4,7-10,12H2,1-2H3,(H3,20,23,24,25)/t13-,19?/m0/s1. The fraction of sp³-hybridized carbons (Fsp3) is 0.579. The van der Waals surface area contributed by atoms with Gasteiger partial charge < -0.3 is 16.4 Å². The molecule has 0 spiro atoms. The number of nitrogens with zero attached hydrogens (tertiary/aromatic N) is 3. The summed E-state index contributed by atoms with van der Waals surface area (Å²) in [5, 5.41) is 6.73. The van der Waals surface area contributed by atoms with Crippen molar-refractivity contribution in [3.8, 4) is 0 Å². The van der Waals surface area contributed by atoms with E-state index in [9.17, 15) is 4.79 Å². The summed E-state index contributed by atoms with van der Waals surface area (Å²) in [6, 6.07) is 3.75. The van der Waals surface area contributed by atoms with Crippen molar-refractivity contribution in [2.24, 2.45) is 0 Å². The fourth-order valence-electron chi connectivity index (χ4n) is 3.31. The summed E-state index contributed by atoms with van der Waals surface area (Å²) in [5.41, 5.74) is 7.05. The van der Waals surface area contributed by atoms with Gasteiger partial charge in [-0.15, -0.1) is 0 Å². The number of carbonyl (C=O) groups is 1. The second kappa shape index (κ2) is 7.95. The van der Waals surface area contributed by atoms with Crippen molar-refractivity contribution in [1.82, 2.24) is 20.3 Å². The number of hydrogen-bond acceptors (Lipinski definition) is 7. The molecular weight excluding hydrogens is 328 g/mol. The molecule has 3 heterocycles. The van der Waals surface area contributed by atoms with E-state index in [0.29, 0.717) is 23.5 Å². The SMILES string of the molecule is CCCCC(C)(CCC(=O)[C@@H]1CCN1)Nc1nc(N)nc2cccnc12. The number of Topliss-reactive ketones (excluding diaryl/α,β-unsaturated/α-hetero) is 1. The molecule has 0 radical (unpaired) electrons. The Morgan fingerprint density at radius 1 is 1.42 bits per heavy atom. The Hall–Kier alpha value is -2.28. The van der Waals surface area contributed by atoms with Crippen LogP contribution < -0.4 is 16.4 Å². The van der Waals surface area contributed by atoms with Crippen LogP contribution in [0.3, 0.4) is 0 Å². The zero-order valence-electron chi connectivity index (χ0n) is 15.6. The zero-order valence-corrected chi connectivity index (χ0v) is 15.6. The minimum Gasteiger partial charge on any atom is -0.368 e. The number of nitrogen functional groups attached to an aromatic ring is 1. The van der Waals surface area contributed by atoms with E-state index in [1.807, 2.05) is 12.1 Å². The maximum Gasteiger partial charge on any atom is 0.222 e. The van der Waals surface area contributed by atoms with Crippen molar-refractivity contribution < 1.29 is 4.79 Å². The highest BCUT2D eigenvalue weighted by Crippen LogP contribution is 2.29. The van der Waals surface area contributed by atoms with Crippen LogP contribution in [0.1, 0.15) is 52.4 Å². The number of nitrogens with one attached hydrogen (secondary N) is 2. The number of anilines is 2. The van der Waals surface area contributed by atoms with E-state index in [4.69, 9.17) is 5.73 Å². The van der Waals surface area contributed by atoms with Crippen LogP contribution in [0.2, 0.25) is 0 Å². The van der Waals surface area contributed by atoms with Gasteiger partial charge in [0.2, 0.25) is 5.95 Å². The first-order chi connectivity index (χ1) is 12.5. The molecule has 0 amide bonds. The summed E-state index contributed by atoms with van der Waals surface area (Å²) in [5.74, 6) is 1.16. The number of unbranched alkanes of at least 4 members (excludes halogenated alkanes) is 1. The topological polar surface area (TPSA) is 106 Å². The van der Waals surface area contributed by atoms with Crippen molar-refractivity contribution in [1.29, 1.82) is 0 Å². The van der Waals surface area contributed by atoms with Gasteiger partial charge in [-0.2, -0.15) is 4.98 Å². The fourth-order valence-corrected chi connectivity index (χ4v) is 3.31. The predicted octanol–water partition coefficient (Wildman–Crippen LogP) is 2.68. The highest BCUT2D eigenvalue weighted by atomic mass is 16.1. The molecule has 3 rings (SSSR count). The van der Waals surface area contributed by atoms with Crippen molar-refractivity contribution in [2.75, 3.05) is 17.6 Å². The van der Waals surface area contributed by atoms with E-state index in [2.05, 4.69) is 39.4 Å². The van der Waals surface area contributed by atoms with Crippen LogP contribution in [0.5, 0.6) is 0 Å². The van der Waals surface area contributed by atoms with Crippen LogP contribution in [0.25, 0.3) is 11.0 Å². The molecule has 0 saturated carbocycles. The largest absolute Gasteiger partial charge is 0.368 e. The maximum atomic E-state index is 12.3. The number of pyridine rings is 1. The molecule has 1 aliphatic heterocycles. The summed E-state index contributed by atoms with van der Waals surface area (Å²) in [7, 11) is 0. The van der Waals surface area contributed by atoms with E-state index in [-0.39, 0.29) is 17.5 Å². The Balaban J connectivity index is 1.80. The molecule has 2 atom stereocenters. The zero-order chi connectivity index (χ0) is 18.6. The molecule has 0 aromatic carbocycles. The highest BCUT2D eigenvalue weighted by molar-refractivity contribution is 5.86. The Kier molecular flexibility index (Phi) is 5.66. The molecule has 0 bridgehead atoms. The van der Waals surface area contributed by atoms with Crippen LogP contribution in [-0.4, -0.2) is 38.9 Å². The smallest absolute Gasteiger partial charge is 0.222 e. The summed E-state index contributed by atoms with van der Waals surface area (Å²) in [4.78, 5) is 25.4. The second-order valence-electron chi connectivity index (χ2n) is 7.35. The van der Waals surface area contributed by atoms with E-state index in [1.54, 1.807) is 6.20 Å². The number of rotatable bonds is 9. The molecule has 1 unspecified atom stereocenters. The van der Waals surface area contributed by atoms with Gasteiger partial charge in [0.25, 0.3) is 0 Å². The normalized spacial score (nSPS) is 18.9. The summed E-state index contributed by atoms with van der Waals surface area (Å²) in [6.07, 6.45) is 7.11. The maximum absolute atomic E-state index is 12.3. The molecule has 2 aromatic rings. The molecule has 4 N–H and O–H groups in total. The lowest BCUT2D eigenvalue weighted by Crippen LogP contribution is -2.49. The van der Waals surface area contributed by atoms with E-state index >= 15 is 0 Å². The number of fused-ring (bicyclic) bond motifs is 1. The van der Waals surface area contributed by atoms with Crippen molar-refractivity contribution >= 4 is 28.6 Å². The lowest BCUT2D eigenvalue weighted by molar-refractivity contribution is -0.122. The van der Waals surface area contributed by atoms with Crippen LogP contribution >= 0.6 is 0 Å².